The first-order valence-corrected chi connectivity index (χ1v) is 16.2. The van der Waals surface area contributed by atoms with Crippen LogP contribution in [0.15, 0.2) is 42.2 Å². The molecule has 190 valence electrons. The molecule has 0 radical (unpaired) electrons. The third kappa shape index (κ3) is 6.34. The predicted octanol–water partition coefficient (Wildman–Crippen LogP) is 8.11. The summed E-state index contributed by atoms with van der Waals surface area (Å²) in [6.07, 6.45) is 13.6. The Balaban J connectivity index is 2.13. The van der Waals surface area contributed by atoms with Gasteiger partial charge in [0.25, 0.3) is 0 Å². The highest BCUT2D eigenvalue weighted by Crippen LogP contribution is 2.52. The van der Waals surface area contributed by atoms with Crippen molar-refractivity contribution in [2.75, 3.05) is 7.11 Å². The van der Waals surface area contributed by atoms with E-state index >= 15 is 0 Å². The molecule has 2 aliphatic rings. The highest BCUT2D eigenvalue weighted by Gasteiger charge is 2.54. The van der Waals surface area contributed by atoms with E-state index in [2.05, 4.69) is 58.1 Å². The number of fused-ring (bicyclic) bond motifs is 1. The number of hydrogen-bond donors (Lipinski definition) is 0. The smallest absolute Gasteiger partial charge is 0.373 e. The molecule has 3 atom stereocenters. The fourth-order valence-electron chi connectivity index (χ4n) is 5.23. The molecule has 1 fully saturated rings. The quantitative estimate of drug-likeness (QED) is 0.318. The zero-order chi connectivity index (χ0) is 24.8. The predicted molar refractivity (Wildman–Crippen MR) is 141 cm³/mol. The van der Waals surface area contributed by atoms with Crippen LogP contribution in [-0.2, 0) is 18.7 Å². The lowest BCUT2D eigenvalue weighted by Gasteiger charge is -2.52. The molecule has 1 saturated carbocycles. The molecular formula is C29H46O4Si. The molecule has 0 N–H and O–H groups in total. The summed E-state index contributed by atoms with van der Waals surface area (Å²) in [6.45, 7) is 11.4. The molecule has 1 heterocycles. The van der Waals surface area contributed by atoms with Crippen molar-refractivity contribution in [3.63, 3.8) is 0 Å². The van der Waals surface area contributed by atoms with Gasteiger partial charge in [0, 0.05) is 18.3 Å². The highest BCUT2D eigenvalue weighted by atomic mass is 28.4. The minimum atomic E-state index is -2.21. The Morgan fingerprint density at radius 2 is 1.56 bits per heavy atom. The summed E-state index contributed by atoms with van der Waals surface area (Å²) in [6, 6.07) is 10.6. The normalized spacial score (nSPS) is 27.3. The Hall–Kier alpha value is -1.59. The van der Waals surface area contributed by atoms with Crippen molar-refractivity contribution in [3.8, 4) is 0 Å². The Morgan fingerprint density at radius 1 is 0.971 bits per heavy atom. The minimum Gasteiger partial charge on any atom is -0.463 e. The first kappa shape index (κ1) is 27.0. The lowest BCUT2D eigenvalue weighted by atomic mass is 9.74. The maximum absolute atomic E-state index is 12.8. The van der Waals surface area contributed by atoms with Crippen LogP contribution in [0.25, 0.3) is 0 Å². The Morgan fingerprint density at radius 3 is 2.15 bits per heavy atom. The number of allylic oxidation sites excluding steroid dienone is 1. The van der Waals surface area contributed by atoms with Gasteiger partial charge in [0.2, 0.25) is 11.5 Å². The van der Waals surface area contributed by atoms with Gasteiger partial charge < -0.3 is 13.9 Å². The molecule has 0 saturated heterocycles. The largest absolute Gasteiger partial charge is 0.463 e. The number of ether oxygens (including phenoxy) is 2. The van der Waals surface area contributed by atoms with E-state index in [1.807, 2.05) is 12.1 Å². The van der Waals surface area contributed by atoms with Crippen LogP contribution in [0.2, 0.25) is 18.1 Å². The van der Waals surface area contributed by atoms with Crippen LogP contribution in [0.5, 0.6) is 0 Å². The summed E-state index contributed by atoms with van der Waals surface area (Å²) < 4.78 is 19.2. The average molecular weight is 487 g/mol. The monoisotopic (exact) mass is 486 g/mol. The van der Waals surface area contributed by atoms with Gasteiger partial charge in [-0.15, -0.1) is 0 Å². The van der Waals surface area contributed by atoms with E-state index in [1.54, 1.807) is 0 Å². The van der Waals surface area contributed by atoms with Crippen LogP contribution < -0.4 is 0 Å². The molecule has 0 unspecified atom stereocenters. The second-order valence-electron chi connectivity index (χ2n) is 11.7. The summed E-state index contributed by atoms with van der Waals surface area (Å²) in [7, 11) is -0.781. The van der Waals surface area contributed by atoms with E-state index < -0.39 is 20.1 Å². The number of carbonyl (C=O) groups excluding carboxylic acids is 1. The van der Waals surface area contributed by atoms with Gasteiger partial charge in [0.15, 0.2) is 8.32 Å². The van der Waals surface area contributed by atoms with Crippen LogP contribution in [0.1, 0.15) is 96.5 Å². The van der Waals surface area contributed by atoms with Gasteiger partial charge in [0.05, 0.1) is 7.11 Å². The zero-order valence-electron chi connectivity index (χ0n) is 22.3. The Labute approximate surface area is 208 Å². The molecule has 0 bridgehead atoms. The van der Waals surface area contributed by atoms with Gasteiger partial charge in [-0.2, -0.15) is 0 Å². The maximum atomic E-state index is 12.8. The molecule has 1 aromatic rings. The van der Waals surface area contributed by atoms with E-state index in [-0.39, 0.29) is 16.9 Å². The molecule has 34 heavy (non-hydrogen) atoms. The summed E-state index contributed by atoms with van der Waals surface area (Å²) >= 11 is 0. The summed E-state index contributed by atoms with van der Waals surface area (Å²) in [5, 5.41) is 0.0359. The fraction of sp³-hybridized carbons (Fsp3) is 0.690. The van der Waals surface area contributed by atoms with Crippen LogP contribution in [0.4, 0.5) is 0 Å². The van der Waals surface area contributed by atoms with Crippen molar-refractivity contribution in [1.29, 1.82) is 0 Å². The topological polar surface area (TPSA) is 44.8 Å². The SMILES string of the molecule is COC(=O)C1=C[C@@H](c2ccccc2)[C@@H]2CCCCCCCCCC[C@]2(O[Si](C)(C)C(C)(C)C)O1. The van der Waals surface area contributed by atoms with E-state index in [4.69, 9.17) is 13.9 Å². The van der Waals surface area contributed by atoms with Crippen molar-refractivity contribution in [3.05, 3.63) is 47.7 Å². The molecule has 1 aliphatic carbocycles. The van der Waals surface area contributed by atoms with Gasteiger partial charge >= 0.3 is 5.97 Å². The number of rotatable bonds is 4. The number of benzene rings is 1. The first-order valence-electron chi connectivity index (χ1n) is 13.3. The van der Waals surface area contributed by atoms with Crippen LogP contribution in [0, 0.1) is 5.92 Å². The average Bonchev–Trinajstić information content (AvgIpc) is 2.78. The lowest BCUT2D eigenvalue weighted by Crippen LogP contribution is -2.57. The maximum Gasteiger partial charge on any atom is 0.373 e. The van der Waals surface area contributed by atoms with Gasteiger partial charge in [-0.25, -0.2) is 4.79 Å². The summed E-state index contributed by atoms with van der Waals surface area (Å²) in [5.74, 6) is -0.725. The van der Waals surface area contributed by atoms with Crippen LogP contribution >= 0.6 is 0 Å². The van der Waals surface area contributed by atoms with Crippen molar-refractivity contribution >= 4 is 14.3 Å². The number of methoxy groups -OCH3 is 1. The molecule has 0 aromatic heterocycles. The molecule has 4 nitrogen and oxygen atoms in total. The second kappa shape index (κ2) is 11.4. The minimum absolute atomic E-state index is 0.0359. The lowest BCUT2D eigenvalue weighted by molar-refractivity contribution is -0.224. The zero-order valence-corrected chi connectivity index (χ0v) is 23.3. The third-order valence-corrected chi connectivity index (χ3v) is 12.7. The van der Waals surface area contributed by atoms with Gasteiger partial charge in [-0.3, -0.25) is 0 Å². The van der Waals surface area contributed by atoms with Crippen LogP contribution in [-0.4, -0.2) is 27.2 Å². The van der Waals surface area contributed by atoms with Crippen molar-refractivity contribution in [2.45, 2.75) is 115 Å². The van der Waals surface area contributed by atoms with E-state index in [9.17, 15) is 4.79 Å². The molecular weight excluding hydrogens is 440 g/mol. The number of hydrogen-bond acceptors (Lipinski definition) is 4. The van der Waals surface area contributed by atoms with Gasteiger partial charge in [-0.05, 0) is 42.6 Å². The molecule has 5 heteroatoms. The Kier molecular flexibility index (Phi) is 9.08. The Bertz CT molecular complexity index is 826. The third-order valence-electron chi connectivity index (χ3n) is 8.21. The van der Waals surface area contributed by atoms with Crippen molar-refractivity contribution in [2.24, 2.45) is 5.92 Å². The highest BCUT2D eigenvalue weighted by molar-refractivity contribution is 6.74. The summed E-state index contributed by atoms with van der Waals surface area (Å²) in [5.41, 5.74) is 1.22. The summed E-state index contributed by atoms with van der Waals surface area (Å²) in [4.78, 5) is 12.8. The number of carbonyl (C=O) groups is 1. The molecule has 3 rings (SSSR count). The fourth-order valence-corrected chi connectivity index (χ4v) is 6.69. The molecule has 1 aromatic carbocycles. The standard InChI is InChI=1S/C29H46O4Si/c1-28(2,3)34(5,6)33-29-21-17-12-10-8-7-9-11-16-20-25(29)24(23-18-14-13-15-19-23)22-26(32-29)27(30)31-4/h13-15,18-19,22,24-25H,7-12,16-17,20-21H2,1-6H3/t24-,25-,29+/m0/s1. The van der Waals surface area contributed by atoms with Crippen LogP contribution in [0.3, 0.4) is 0 Å². The first-order chi connectivity index (χ1) is 16.1. The molecule has 0 spiro atoms. The molecule has 0 amide bonds. The second-order valence-corrected chi connectivity index (χ2v) is 16.4. The number of esters is 1. The van der Waals surface area contributed by atoms with Gasteiger partial charge in [-0.1, -0.05) is 96.0 Å². The van der Waals surface area contributed by atoms with E-state index in [0.29, 0.717) is 5.76 Å². The molecule has 1 aliphatic heterocycles. The van der Waals surface area contributed by atoms with E-state index in [0.717, 1.165) is 25.7 Å². The van der Waals surface area contributed by atoms with Gasteiger partial charge in [0.1, 0.15) is 0 Å². The van der Waals surface area contributed by atoms with Crippen molar-refractivity contribution in [1.82, 2.24) is 0 Å². The van der Waals surface area contributed by atoms with Crippen molar-refractivity contribution < 1.29 is 18.7 Å². The van der Waals surface area contributed by atoms with E-state index in [1.165, 1.54) is 51.2 Å².